The van der Waals surface area contributed by atoms with E-state index in [-0.39, 0.29) is 23.7 Å². The molecule has 0 amide bonds. The molecule has 0 aliphatic heterocycles. The number of nitrogens with zero attached hydrogens (tertiary/aromatic N) is 4. The van der Waals surface area contributed by atoms with E-state index in [0.717, 1.165) is 21.0 Å². The number of rotatable bonds is 11. The lowest BCUT2D eigenvalue weighted by molar-refractivity contribution is -0.384. The lowest BCUT2D eigenvalue weighted by atomic mass is 10.1. The molecule has 4 aromatic carbocycles. The first-order valence-electron chi connectivity index (χ1n) is 14.4. The third-order valence-corrected chi connectivity index (χ3v) is 7.62. The Morgan fingerprint density at radius 2 is 1.87 bits per heavy atom. The Labute approximate surface area is 271 Å². The molecule has 0 aliphatic rings. The molecule has 0 atom stereocenters. The molecule has 2 heterocycles. The molecule has 6 rings (SSSR count). The highest BCUT2D eigenvalue weighted by Gasteiger charge is 2.18. The number of non-ortho nitro benzene ring substituents is 1. The monoisotopic (exact) mass is 678 g/mol. The van der Waals surface area contributed by atoms with E-state index in [1.54, 1.807) is 48.7 Å². The van der Waals surface area contributed by atoms with Crippen LogP contribution in [0, 0.1) is 10.1 Å². The Balaban J connectivity index is 1.40. The number of para-hydroxylation sites is 1. The quantitative estimate of drug-likeness (QED) is 0.0588. The van der Waals surface area contributed by atoms with E-state index < -0.39 is 4.92 Å². The summed E-state index contributed by atoms with van der Waals surface area (Å²) < 4.78 is 20.4. The van der Waals surface area contributed by atoms with Crippen molar-refractivity contribution in [3.8, 4) is 23.1 Å². The highest BCUT2D eigenvalue weighted by atomic mass is 79.9. The van der Waals surface area contributed by atoms with Crippen LogP contribution in [0.15, 0.2) is 116 Å². The van der Waals surface area contributed by atoms with E-state index in [4.69, 9.17) is 18.9 Å². The second-order valence-electron chi connectivity index (χ2n) is 10.3. The number of nitro groups is 1. The molecule has 10 nitrogen and oxygen atoms in total. The maximum Gasteiger partial charge on any atom is 0.282 e. The van der Waals surface area contributed by atoms with Crippen LogP contribution in [0.5, 0.6) is 11.5 Å². The minimum atomic E-state index is -0.443. The van der Waals surface area contributed by atoms with Crippen molar-refractivity contribution in [2.75, 3.05) is 6.61 Å². The van der Waals surface area contributed by atoms with Gasteiger partial charge in [0, 0.05) is 27.6 Å². The van der Waals surface area contributed by atoms with Gasteiger partial charge in [0.2, 0.25) is 5.82 Å². The van der Waals surface area contributed by atoms with Gasteiger partial charge in [0.15, 0.2) is 17.3 Å². The first-order valence-corrected chi connectivity index (χ1v) is 15.2. The zero-order chi connectivity index (χ0) is 32.2. The molecule has 0 radical (unpaired) electrons. The number of hydrogen-bond acceptors (Lipinski definition) is 8. The molecule has 0 unspecified atom stereocenters. The predicted molar refractivity (Wildman–Crippen MR) is 181 cm³/mol. The SMILES string of the molecule is C=CCc1cc(C=Nn2c(-c3cc4cc(Br)ccc4o3)nc3ccccc3c2=O)cc(OCC)c1OCc1ccc([N+](=O)[O-])cc1. The zero-order valence-electron chi connectivity index (χ0n) is 24.7. The normalized spacial score (nSPS) is 11.3. The van der Waals surface area contributed by atoms with Crippen LogP contribution in [0.1, 0.15) is 23.6 Å². The summed E-state index contributed by atoms with van der Waals surface area (Å²) in [5.74, 6) is 1.66. The molecule has 6 aromatic rings. The predicted octanol–water partition coefficient (Wildman–Crippen LogP) is 8.07. The number of furan rings is 1. The molecule has 0 bridgehead atoms. The van der Waals surface area contributed by atoms with Crippen LogP contribution in [-0.2, 0) is 13.0 Å². The fraction of sp³-hybridized carbons (Fsp3) is 0.114. The van der Waals surface area contributed by atoms with Gasteiger partial charge >= 0.3 is 0 Å². The van der Waals surface area contributed by atoms with Gasteiger partial charge in [0.1, 0.15) is 12.2 Å². The van der Waals surface area contributed by atoms with E-state index in [1.807, 2.05) is 43.3 Å². The van der Waals surface area contributed by atoms with Crippen LogP contribution in [0.2, 0.25) is 0 Å². The minimum Gasteiger partial charge on any atom is -0.490 e. The van der Waals surface area contributed by atoms with Gasteiger partial charge in [-0.25, -0.2) is 4.98 Å². The molecule has 0 fully saturated rings. The summed E-state index contributed by atoms with van der Waals surface area (Å²) in [5.41, 5.74) is 3.04. The summed E-state index contributed by atoms with van der Waals surface area (Å²) in [6.07, 6.45) is 3.78. The maximum atomic E-state index is 13.7. The number of fused-ring (bicyclic) bond motifs is 2. The molecule has 0 aliphatic carbocycles. The lowest BCUT2D eigenvalue weighted by Crippen LogP contribution is -2.20. The number of ether oxygens (including phenoxy) is 2. The zero-order valence-corrected chi connectivity index (χ0v) is 26.3. The van der Waals surface area contributed by atoms with E-state index >= 15 is 0 Å². The Kier molecular flexibility index (Phi) is 8.75. The van der Waals surface area contributed by atoms with Crippen molar-refractivity contribution < 1.29 is 18.8 Å². The second kappa shape index (κ2) is 13.2. The first-order chi connectivity index (χ1) is 22.3. The van der Waals surface area contributed by atoms with Gasteiger partial charge < -0.3 is 13.9 Å². The second-order valence-corrected chi connectivity index (χ2v) is 11.2. The van der Waals surface area contributed by atoms with Crippen LogP contribution in [0.3, 0.4) is 0 Å². The summed E-state index contributed by atoms with van der Waals surface area (Å²) in [7, 11) is 0. The van der Waals surface area contributed by atoms with Crippen LogP contribution in [0.4, 0.5) is 5.69 Å². The lowest BCUT2D eigenvalue weighted by Gasteiger charge is -2.17. The van der Waals surface area contributed by atoms with Gasteiger partial charge in [0.05, 0.1) is 28.6 Å². The van der Waals surface area contributed by atoms with Crippen LogP contribution in [0.25, 0.3) is 33.5 Å². The van der Waals surface area contributed by atoms with Gasteiger partial charge in [-0.3, -0.25) is 14.9 Å². The molecule has 0 spiro atoms. The Morgan fingerprint density at radius 1 is 1.07 bits per heavy atom. The van der Waals surface area contributed by atoms with Crippen LogP contribution >= 0.6 is 15.9 Å². The van der Waals surface area contributed by atoms with Crippen LogP contribution < -0.4 is 15.0 Å². The topological polar surface area (TPSA) is 122 Å². The summed E-state index contributed by atoms with van der Waals surface area (Å²) >= 11 is 3.49. The Bertz CT molecular complexity index is 2190. The molecule has 46 heavy (non-hydrogen) atoms. The minimum absolute atomic E-state index is 0.00649. The molecule has 2 aromatic heterocycles. The third kappa shape index (κ3) is 6.31. The van der Waals surface area contributed by atoms with Crippen molar-refractivity contribution in [3.05, 3.63) is 139 Å². The van der Waals surface area contributed by atoms with E-state index in [0.29, 0.717) is 52.3 Å². The largest absolute Gasteiger partial charge is 0.490 e. The van der Waals surface area contributed by atoms with Crippen molar-refractivity contribution in [2.45, 2.75) is 20.0 Å². The van der Waals surface area contributed by atoms with Gasteiger partial charge in [0.25, 0.3) is 11.2 Å². The Hall–Kier alpha value is -5.55. The average molecular weight is 680 g/mol. The number of allylic oxidation sites excluding steroid dienone is 1. The van der Waals surface area contributed by atoms with Gasteiger partial charge in [-0.1, -0.05) is 34.1 Å². The van der Waals surface area contributed by atoms with Gasteiger partial charge in [-0.15, -0.1) is 6.58 Å². The summed E-state index contributed by atoms with van der Waals surface area (Å²) in [4.78, 5) is 29.1. The molecular formula is C35H27BrN4O6. The highest BCUT2D eigenvalue weighted by molar-refractivity contribution is 9.10. The number of aromatic nitrogens is 2. The van der Waals surface area contributed by atoms with Crippen LogP contribution in [-0.4, -0.2) is 27.4 Å². The van der Waals surface area contributed by atoms with E-state index in [9.17, 15) is 14.9 Å². The fourth-order valence-electron chi connectivity index (χ4n) is 5.00. The smallest absolute Gasteiger partial charge is 0.282 e. The highest BCUT2D eigenvalue weighted by Crippen LogP contribution is 2.35. The fourth-order valence-corrected chi connectivity index (χ4v) is 5.38. The maximum absolute atomic E-state index is 13.7. The van der Waals surface area contributed by atoms with Gasteiger partial charge in [-0.05, 0) is 85.1 Å². The summed E-state index contributed by atoms with van der Waals surface area (Å²) in [6, 6.07) is 24.4. The number of halogens is 1. The number of nitro benzene ring substituents is 1. The Morgan fingerprint density at radius 3 is 2.63 bits per heavy atom. The molecular weight excluding hydrogens is 652 g/mol. The molecule has 230 valence electrons. The number of benzene rings is 4. The summed E-state index contributed by atoms with van der Waals surface area (Å²) in [6.45, 7) is 6.31. The summed E-state index contributed by atoms with van der Waals surface area (Å²) in [5, 5.41) is 16.9. The molecule has 0 saturated heterocycles. The van der Waals surface area contributed by atoms with Gasteiger partial charge in [-0.2, -0.15) is 9.78 Å². The van der Waals surface area contributed by atoms with E-state index in [2.05, 4.69) is 27.6 Å². The van der Waals surface area contributed by atoms with Crippen molar-refractivity contribution in [3.63, 3.8) is 0 Å². The van der Waals surface area contributed by atoms with E-state index in [1.165, 1.54) is 16.8 Å². The van der Waals surface area contributed by atoms with Crippen molar-refractivity contribution in [2.24, 2.45) is 5.10 Å². The third-order valence-electron chi connectivity index (χ3n) is 7.12. The average Bonchev–Trinajstić information content (AvgIpc) is 3.47. The van der Waals surface area contributed by atoms with Crippen molar-refractivity contribution in [1.82, 2.24) is 9.66 Å². The first kappa shape index (κ1) is 30.5. The standard InChI is InChI=1S/C35H27BrN4O6/c1-3-7-24-16-23(17-31(44-4-2)33(24)45-21-22-10-13-27(14-11-22)40(42)43)20-37-39-34(38-29-9-6-5-8-28(29)35(39)41)32-19-25-18-26(36)12-15-30(25)46-32/h3,5-6,8-20H,1,4,7,21H2,2H3. The van der Waals surface area contributed by atoms with Crippen molar-refractivity contribution >= 4 is 49.7 Å². The number of hydrogen-bond donors (Lipinski definition) is 0. The molecule has 11 heteroatoms. The van der Waals surface area contributed by atoms with Crippen molar-refractivity contribution in [1.29, 1.82) is 0 Å². The molecule has 0 saturated carbocycles. The molecule has 0 N–H and O–H groups in total.